The van der Waals surface area contributed by atoms with E-state index in [0.717, 1.165) is 71.2 Å². The van der Waals surface area contributed by atoms with E-state index in [2.05, 4.69) is 115 Å². The molecule has 2 aromatic heterocycles. The van der Waals surface area contributed by atoms with Gasteiger partial charge in [0.25, 0.3) is 0 Å². The third kappa shape index (κ3) is 5.24. The number of nitrogens with zero attached hydrogens (tertiary/aromatic N) is 4. The summed E-state index contributed by atoms with van der Waals surface area (Å²) >= 11 is 0. The lowest BCUT2D eigenvalue weighted by molar-refractivity contribution is 0.623. The van der Waals surface area contributed by atoms with Gasteiger partial charge in [0.05, 0.1) is 0 Å². The number of fused-ring (bicyclic) bond motifs is 8. The zero-order valence-electron chi connectivity index (χ0n) is 29.5. The SMILES string of the molecule is c1ccc(-c2nc(-c3cccc(-c4cccc5ccccc45)c3)nc(-c3cccc4c3ccc3ccc5ccc6nc(-c7ccccc7)oc6c5c34)n2)cc1. The van der Waals surface area contributed by atoms with Crippen LogP contribution in [0, 0.1) is 0 Å². The van der Waals surface area contributed by atoms with Gasteiger partial charge in [0.2, 0.25) is 5.89 Å². The molecule has 11 rings (SSSR count). The molecule has 5 nitrogen and oxygen atoms in total. The van der Waals surface area contributed by atoms with Crippen molar-refractivity contribution in [3.63, 3.8) is 0 Å². The van der Waals surface area contributed by atoms with E-state index in [-0.39, 0.29) is 0 Å². The molecule has 0 aliphatic rings. The van der Waals surface area contributed by atoms with E-state index in [0.29, 0.717) is 23.4 Å². The van der Waals surface area contributed by atoms with Crippen molar-refractivity contribution in [1.82, 2.24) is 19.9 Å². The summed E-state index contributed by atoms with van der Waals surface area (Å²) in [6.07, 6.45) is 0. The summed E-state index contributed by atoms with van der Waals surface area (Å²) in [5.41, 5.74) is 7.60. The number of benzene rings is 9. The van der Waals surface area contributed by atoms with Gasteiger partial charge in [-0.25, -0.2) is 19.9 Å². The van der Waals surface area contributed by atoms with Gasteiger partial charge in [-0.3, -0.25) is 0 Å². The molecule has 9 aromatic carbocycles. The summed E-state index contributed by atoms with van der Waals surface area (Å²) in [6, 6.07) is 62.9. The topological polar surface area (TPSA) is 64.7 Å². The predicted molar refractivity (Wildman–Crippen MR) is 225 cm³/mol. The van der Waals surface area contributed by atoms with E-state index >= 15 is 0 Å². The van der Waals surface area contributed by atoms with Gasteiger partial charge < -0.3 is 4.42 Å². The number of oxazole rings is 1. The third-order valence-corrected chi connectivity index (χ3v) is 10.5. The van der Waals surface area contributed by atoms with Crippen molar-refractivity contribution < 1.29 is 4.42 Å². The molecule has 11 aromatic rings. The lowest BCUT2D eigenvalue weighted by Gasteiger charge is -2.13. The minimum absolute atomic E-state index is 0.608. The Labute approximate surface area is 316 Å². The lowest BCUT2D eigenvalue weighted by Crippen LogP contribution is -2.00. The van der Waals surface area contributed by atoms with Crippen molar-refractivity contribution in [2.75, 3.05) is 0 Å². The minimum atomic E-state index is 0.608. The molecule has 0 radical (unpaired) electrons. The summed E-state index contributed by atoms with van der Waals surface area (Å²) < 4.78 is 6.59. The molecule has 5 heteroatoms. The quantitative estimate of drug-likeness (QED) is 0.167. The number of hydrogen-bond donors (Lipinski definition) is 0. The fraction of sp³-hybridized carbons (Fsp3) is 0. The second-order valence-electron chi connectivity index (χ2n) is 13.8. The first-order valence-electron chi connectivity index (χ1n) is 18.4. The summed E-state index contributed by atoms with van der Waals surface area (Å²) in [4.78, 5) is 20.4. The van der Waals surface area contributed by atoms with Crippen molar-refractivity contribution in [2.24, 2.45) is 0 Å². The normalized spacial score (nSPS) is 11.6. The molecule has 0 unspecified atom stereocenters. The average Bonchev–Trinajstić information content (AvgIpc) is 3.71. The molecule has 55 heavy (non-hydrogen) atoms. The fourth-order valence-corrected chi connectivity index (χ4v) is 7.92. The number of aromatic nitrogens is 4. The molecule has 0 saturated carbocycles. The van der Waals surface area contributed by atoms with Crippen LogP contribution in [0.25, 0.3) is 111 Å². The van der Waals surface area contributed by atoms with Crippen LogP contribution < -0.4 is 0 Å². The second-order valence-corrected chi connectivity index (χ2v) is 13.8. The monoisotopic (exact) mass is 702 g/mol. The molecule has 0 aliphatic heterocycles. The van der Waals surface area contributed by atoms with E-state index in [1.54, 1.807) is 0 Å². The van der Waals surface area contributed by atoms with Gasteiger partial charge in [0.1, 0.15) is 5.52 Å². The van der Waals surface area contributed by atoms with Gasteiger partial charge in [-0.1, -0.05) is 158 Å². The standard InChI is InChI=1S/C50H30N4O/c1-3-13-34(14-4-1)47-52-48(37-19-9-18-36(30-37)39-21-10-17-31-12-7-8-20-38(31)39)54-49(53-47)42-23-11-22-41-40(42)28-26-32-24-25-33-27-29-43-46(45(33)44(32)41)55-50(51-43)35-15-5-2-6-16-35/h1-30H. The minimum Gasteiger partial charge on any atom is -0.435 e. The van der Waals surface area contributed by atoms with E-state index < -0.39 is 0 Å². The maximum Gasteiger partial charge on any atom is 0.227 e. The highest BCUT2D eigenvalue weighted by Crippen LogP contribution is 2.40. The molecule has 0 amide bonds. The van der Waals surface area contributed by atoms with Crippen LogP contribution >= 0.6 is 0 Å². The van der Waals surface area contributed by atoms with Crippen LogP contribution in [-0.2, 0) is 0 Å². The maximum atomic E-state index is 6.59. The van der Waals surface area contributed by atoms with E-state index in [1.807, 2.05) is 66.7 Å². The molecule has 0 spiro atoms. The first-order valence-corrected chi connectivity index (χ1v) is 18.4. The Bertz CT molecular complexity index is 3260. The molecule has 256 valence electrons. The van der Waals surface area contributed by atoms with Crippen molar-refractivity contribution in [1.29, 1.82) is 0 Å². The van der Waals surface area contributed by atoms with Crippen LogP contribution in [0.1, 0.15) is 0 Å². The molecule has 0 N–H and O–H groups in total. The fourth-order valence-electron chi connectivity index (χ4n) is 7.92. The number of hydrogen-bond acceptors (Lipinski definition) is 5. The molecular formula is C50H30N4O. The molecular weight excluding hydrogens is 673 g/mol. The lowest BCUT2D eigenvalue weighted by atomic mass is 9.93. The van der Waals surface area contributed by atoms with Gasteiger partial charge >= 0.3 is 0 Å². The van der Waals surface area contributed by atoms with Crippen LogP contribution in [0.3, 0.4) is 0 Å². The zero-order chi connectivity index (χ0) is 36.3. The van der Waals surface area contributed by atoms with Gasteiger partial charge in [-0.15, -0.1) is 0 Å². The van der Waals surface area contributed by atoms with Crippen LogP contribution in [0.15, 0.2) is 186 Å². The number of rotatable bonds is 5. The van der Waals surface area contributed by atoms with Crippen LogP contribution in [0.2, 0.25) is 0 Å². The van der Waals surface area contributed by atoms with Crippen LogP contribution in [0.4, 0.5) is 0 Å². The Kier molecular flexibility index (Phi) is 7.10. The highest BCUT2D eigenvalue weighted by molar-refractivity contribution is 6.27. The van der Waals surface area contributed by atoms with Crippen LogP contribution in [-0.4, -0.2) is 19.9 Å². The Morgan fingerprint density at radius 2 is 0.909 bits per heavy atom. The summed E-state index contributed by atoms with van der Waals surface area (Å²) in [6.45, 7) is 0. The van der Waals surface area contributed by atoms with Crippen molar-refractivity contribution >= 4 is 54.2 Å². The molecule has 0 saturated heterocycles. The van der Waals surface area contributed by atoms with Crippen LogP contribution in [0.5, 0.6) is 0 Å². The molecule has 0 aliphatic carbocycles. The van der Waals surface area contributed by atoms with E-state index in [9.17, 15) is 0 Å². The van der Waals surface area contributed by atoms with E-state index in [4.69, 9.17) is 24.4 Å². The zero-order valence-corrected chi connectivity index (χ0v) is 29.5. The highest BCUT2D eigenvalue weighted by Gasteiger charge is 2.19. The largest absolute Gasteiger partial charge is 0.435 e. The Morgan fingerprint density at radius 1 is 0.327 bits per heavy atom. The Morgan fingerprint density at radius 3 is 1.76 bits per heavy atom. The molecule has 0 atom stereocenters. The highest BCUT2D eigenvalue weighted by atomic mass is 16.3. The van der Waals surface area contributed by atoms with Gasteiger partial charge in [-0.2, -0.15) is 0 Å². The molecule has 0 bridgehead atoms. The Balaban J connectivity index is 1.13. The summed E-state index contributed by atoms with van der Waals surface area (Å²) in [7, 11) is 0. The average molecular weight is 703 g/mol. The first kappa shape index (κ1) is 31.1. The summed E-state index contributed by atoms with van der Waals surface area (Å²) in [5.74, 6) is 2.46. The Hall–Kier alpha value is -7.50. The van der Waals surface area contributed by atoms with Crippen molar-refractivity contribution in [2.45, 2.75) is 0 Å². The van der Waals surface area contributed by atoms with Crippen molar-refractivity contribution in [3.05, 3.63) is 182 Å². The predicted octanol–water partition coefficient (Wildman–Crippen LogP) is 13.0. The van der Waals surface area contributed by atoms with Crippen molar-refractivity contribution in [3.8, 4) is 56.7 Å². The third-order valence-electron chi connectivity index (χ3n) is 10.5. The summed E-state index contributed by atoms with van der Waals surface area (Å²) in [5, 5.41) is 8.91. The first-order chi connectivity index (χ1) is 27.2. The van der Waals surface area contributed by atoms with E-state index in [1.165, 1.54) is 16.3 Å². The molecule has 0 fully saturated rings. The van der Waals surface area contributed by atoms with Gasteiger partial charge in [0, 0.05) is 33.0 Å². The van der Waals surface area contributed by atoms with Gasteiger partial charge in [-0.05, 0) is 67.7 Å². The second kappa shape index (κ2) is 12.6. The molecule has 2 heterocycles. The maximum absolute atomic E-state index is 6.59. The smallest absolute Gasteiger partial charge is 0.227 e. The van der Waals surface area contributed by atoms with Gasteiger partial charge in [0.15, 0.2) is 23.1 Å².